The van der Waals surface area contributed by atoms with E-state index >= 15 is 0 Å². The highest BCUT2D eigenvalue weighted by Crippen LogP contribution is 2.34. The van der Waals surface area contributed by atoms with Gasteiger partial charge in [-0.25, -0.2) is 0 Å². The van der Waals surface area contributed by atoms with Crippen LogP contribution in [0.15, 0.2) is 23.1 Å². The van der Waals surface area contributed by atoms with E-state index in [9.17, 15) is 0 Å². The van der Waals surface area contributed by atoms with Gasteiger partial charge in [0.05, 0.1) is 6.10 Å². The van der Waals surface area contributed by atoms with Gasteiger partial charge in [-0.2, -0.15) is 0 Å². The van der Waals surface area contributed by atoms with E-state index in [1.165, 1.54) is 22.4 Å². The topological polar surface area (TPSA) is 21.3 Å². The van der Waals surface area contributed by atoms with Gasteiger partial charge in [0, 0.05) is 23.3 Å². The third-order valence-electron chi connectivity index (χ3n) is 3.21. The Morgan fingerprint density at radius 1 is 1.47 bits per heavy atom. The number of hydrogen-bond acceptors (Lipinski definition) is 3. The first kappa shape index (κ1) is 12.9. The van der Waals surface area contributed by atoms with E-state index in [1.54, 1.807) is 0 Å². The molecule has 1 fully saturated rings. The van der Waals surface area contributed by atoms with Gasteiger partial charge in [0.25, 0.3) is 0 Å². The van der Waals surface area contributed by atoms with Gasteiger partial charge in [0.2, 0.25) is 0 Å². The molecule has 0 aliphatic carbocycles. The van der Waals surface area contributed by atoms with E-state index in [2.05, 4.69) is 37.4 Å². The first-order chi connectivity index (χ1) is 8.20. The predicted octanol–water partition coefficient (Wildman–Crippen LogP) is 2.98. The Kier molecular flexibility index (Phi) is 4.48. The molecule has 2 nitrogen and oxygen atoms in total. The van der Waals surface area contributed by atoms with Crippen molar-refractivity contribution in [2.24, 2.45) is 0 Å². The molecule has 1 aliphatic heterocycles. The molecule has 1 saturated heterocycles. The van der Waals surface area contributed by atoms with Gasteiger partial charge in [0.1, 0.15) is 0 Å². The number of thioether (sulfide) groups is 1. The number of hydrogen-bond donors (Lipinski definition) is 1. The van der Waals surface area contributed by atoms with Crippen molar-refractivity contribution in [1.29, 1.82) is 0 Å². The summed E-state index contributed by atoms with van der Waals surface area (Å²) in [5.41, 5.74) is 2.73. The molecule has 0 amide bonds. The number of aryl methyl sites for hydroxylation is 1. The van der Waals surface area contributed by atoms with Gasteiger partial charge >= 0.3 is 0 Å². The van der Waals surface area contributed by atoms with Crippen LogP contribution in [-0.4, -0.2) is 25.0 Å². The molecule has 2 unspecified atom stereocenters. The van der Waals surface area contributed by atoms with Gasteiger partial charge in [-0.3, -0.25) is 0 Å². The summed E-state index contributed by atoms with van der Waals surface area (Å²) in [5.74, 6) is 0. The van der Waals surface area contributed by atoms with E-state index in [-0.39, 0.29) is 0 Å². The van der Waals surface area contributed by atoms with Crippen LogP contribution in [0.3, 0.4) is 0 Å². The molecule has 94 valence electrons. The minimum absolute atomic E-state index is 0.386. The fourth-order valence-corrected chi connectivity index (χ4v) is 3.39. The smallest absolute Gasteiger partial charge is 0.0669 e. The third-order valence-corrected chi connectivity index (χ3v) is 4.84. The molecular formula is C14H21NOS. The molecule has 0 aromatic heterocycles. The summed E-state index contributed by atoms with van der Waals surface area (Å²) in [4.78, 5) is 1.40. The lowest BCUT2D eigenvalue weighted by molar-refractivity contribution is 0.127. The summed E-state index contributed by atoms with van der Waals surface area (Å²) in [6, 6.07) is 6.74. The standard InChI is InChI=1S/C14H21NOS/c1-10-8-12(9-15-3)4-5-13(10)17-14-6-7-16-11(14)2/h4-5,8,11,14-15H,6-7,9H2,1-3H3. The van der Waals surface area contributed by atoms with Crippen molar-refractivity contribution in [3.05, 3.63) is 29.3 Å². The van der Waals surface area contributed by atoms with Crippen LogP contribution in [0.2, 0.25) is 0 Å². The molecule has 1 aromatic carbocycles. The Hall–Kier alpha value is -0.510. The Morgan fingerprint density at radius 3 is 2.88 bits per heavy atom. The van der Waals surface area contributed by atoms with Crippen LogP contribution in [0.4, 0.5) is 0 Å². The van der Waals surface area contributed by atoms with Gasteiger partial charge < -0.3 is 10.1 Å². The van der Waals surface area contributed by atoms with E-state index in [1.807, 2.05) is 18.8 Å². The van der Waals surface area contributed by atoms with Crippen molar-refractivity contribution in [2.75, 3.05) is 13.7 Å². The summed E-state index contributed by atoms with van der Waals surface area (Å²) >= 11 is 1.97. The third kappa shape index (κ3) is 3.24. The lowest BCUT2D eigenvalue weighted by Gasteiger charge is -2.15. The lowest BCUT2D eigenvalue weighted by Crippen LogP contribution is -2.13. The molecule has 0 radical (unpaired) electrons. The maximum atomic E-state index is 5.61. The summed E-state index contributed by atoms with van der Waals surface area (Å²) in [6.45, 7) is 6.22. The first-order valence-electron chi connectivity index (χ1n) is 6.23. The minimum atomic E-state index is 0.386. The zero-order valence-corrected chi connectivity index (χ0v) is 11.6. The predicted molar refractivity (Wildman–Crippen MR) is 73.6 cm³/mol. The highest BCUT2D eigenvalue weighted by molar-refractivity contribution is 8.00. The largest absolute Gasteiger partial charge is 0.377 e. The molecule has 1 aromatic rings. The first-order valence-corrected chi connectivity index (χ1v) is 7.11. The maximum Gasteiger partial charge on any atom is 0.0669 e. The Labute approximate surface area is 108 Å². The molecule has 0 bridgehead atoms. The average Bonchev–Trinajstić information content (AvgIpc) is 2.69. The highest BCUT2D eigenvalue weighted by atomic mass is 32.2. The number of benzene rings is 1. The normalized spacial score (nSPS) is 24.2. The fourth-order valence-electron chi connectivity index (χ4n) is 2.19. The van der Waals surface area contributed by atoms with Crippen molar-refractivity contribution >= 4 is 11.8 Å². The number of ether oxygens (including phenoxy) is 1. The van der Waals surface area contributed by atoms with Gasteiger partial charge in [-0.1, -0.05) is 12.1 Å². The number of nitrogens with one attached hydrogen (secondary N) is 1. The molecule has 1 N–H and O–H groups in total. The van der Waals surface area contributed by atoms with Crippen molar-refractivity contribution < 1.29 is 4.74 Å². The summed E-state index contributed by atoms with van der Waals surface area (Å²) < 4.78 is 5.61. The van der Waals surface area contributed by atoms with Crippen molar-refractivity contribution in [1.82, 2.24) is 5.32 Å². The molecule has 0 saturated carbocycles. The Balaban J connectivity index is 2.05. The Bertz CT molecular complexity index is 380. The fraction of sp³-hybridized carbons (Fsp3) is 0.571. The van der Waals surface area contributed by atoms with Crippen molar-refractivity contribution in [3.63, 3.8) is 0 Å². The van der Waals surface area contributed by atoms with Crippen LogP contribution < -0.4 is 5.32 Å². The van der Waals surface area contributed by atoms with Crippen LogP contribution >= 0.6 is 11.8 Å². The zero-order valence-electron chi connectivity index (χ0n) is 10.8. The van der Waals surface area contributed by atoms with E-state index in [0.29, 0.717) is 11.4 Å². The van der Waals surface area contributed by atoms with Crippen molar-refractivity contribution in [2.45, 2.75) is 43.1 Å². The van der Waals surface area contributed by atoms with Gasteiger partial charge in [-0.05, 0) is 44.5 Å². The summed E-state index contributed by atoms with van der Waals surface area (Å²) in [5, 5.41) is 3.80. The van der Waals surface area contributed by atoms with Crippen LogP contribution in [0.25, 0.3) is 0 Å². The molecule has 1 aliphatic rings. The van der Waals surface area contributed by atoms with E-state index in [0.717, 1.165) is 13.2 Å². The highest BCUT2D eigenvalue weighted by Gasteiger charge is 2.25. The van der Waals surface area contributed by atoms with Crippen LogP contribution in [0.5, 0.6) is 0 Å². The Morgan fingerprint density at radius 2 is 2.29 bits per heavy atom. The second-order valence-electron chi connectivity index (χ2n) is 4.65. The van der Waals surface area contributed by atoms with E-state index in [4.69, 9.17) is 4.74 Å². The van der Waals surface area contributed by atoms with Crippen LogP contribution in [-0.2, 0) is 11.3 Å². The van der Waals surface area contributed by atoms with Crippen LogP contribution in [0, 0.1) is 6.92 Å². The molecule has 2 atom stereocenters. The average molecular weight is 251 g/mol. The molecule has 3 heteroatoms. The zero-order chi connectivity index (χ0) is 12.3. The van der Waals surface area contributed by atoms with Gasteiger partial charge in [0.15, 0.2) is 0 Å². The molecule has 1 heterocycles. The molecular weight excluding hydrogens is 230 g/mol. The maximum absolute atomic E-state index is 5.61. The molecule has 0 spiro atoms. The summed E-state index contributed by atoms with van der Waals surface area (Å²) in [7, 11) is 1.98. The summed E-state index contributed by atoms with van der Waals surface area (Å²) in [6.07, 6.45) is 1.56. The second-order valence-corrected chi connectivity index (χ2v) is 5.93. The second kappa shape index (κ2) is 5.89. The quantitative estimate of drug-likeness (QED) is 0.889. The molecule has 17 heavy (non-hydrogen) atoms. The minimum Gasteiger partial charge on any atom is -0.377 e. The lowest BCUT2D eigenvalue weighted by atomic mass is 10.1. The van der Waals surface area contributed by atoms with E-state index < -0.39 is 0 Å². The van der Waals surface area contributed by atoms with Crippen molar-refractivity contribution in [3.8, 4) is 0 Å². The monoisotopic (exact) mass is 251 g/mol. The molecule has 2 rings (SSSR count). The number of rotatable bonds is 4. The van der Waals surface area contributed by atoms with Gasteiger partial charge in [-0.15, -0.1) is 11.8 Å². The SMILES string of the molecule is CNCc1ccc(SC2CCOC2C)c(C)c1. The van der Waals surface area contributed by atoms with Crippen LogP contribution in [0.1, 0.15) is 24.5 Å².